The highest BCUT2D eigenvalue weighted by atomic mass is 79.9. The summed E-state index contributed by atoms with van der Waals surface area (Å²) in [7, 11) is 0. The van der Waals surface area contributed by atoms with E-state index < -0.39 is 11.8 Å². The molecule has 3 aromatic carbocycles. The predicted molar refractivity (Wildman–Crippen MR) is 133 cm³/mol. The molecule has 0 unspecified atom stereocenters. The first kappa shape index (κ1) is 22.8. The molecule has 166 valence electrons. The topological polar surface area (TPSA) is 78.5 Å². The third-order valence-corrected chi connectivity index (χ3v) is 6.22. The molecule has 0 saturated heterocycles. The van der Waals surface area contributed by atoms with E-state index in [1.807, 2.05) is 37.3 Å². The van der Waals surface area contributed by atoms with E-state index in [1.54, 1.807) is 42.5 Å². The summed E-state index contributed by atoms with van der Waals surface area (Å²) in [4.78, 5) is 39.4. The Bertz CT molecular complexity index is 1290. The number of nitrogens with one attached hydrogen (secondary N) is 2. The molecule has 3 amide bonds. The molecule has 1 aliphatic rings. The van der Waals surface area contributed by atoms with Crippen molar-refractivity contribution in [1.29, 1.82) is 0 Å². The van der Waals surface area contributed by atoms with E-state index in [0.29, 0.717) is 29.0 Å². The van der Waals surface area contributed by atoms with Crippen molar-refractivity contribution in [3.8, 4) is 0 Å². The molecule has 0 spiro atoms. The molecule has 0 atom stereocenters. The summed E-state index contributed by atoms with van der Waals surface area (Å²) in [5.41, 5.74) is 2.99. The van der Waals surface area contributed by atoms with Crippen LogP contribution in [0.15, 0.2) is 88.0 Å². The Labute approximate surface area is 204 Å². The summed E-state index contributed by atoms with van der Waals surface area (Å²) in [5.74, 6) is -1.38. The monoisotopic (exact) mass is 523 g/mol. The molecule has 33 heavy (non-hydrogen) atoms. The lowest BCUT2D eigenvalue weighted by Crippen LogP contribution is -2.33. The SMILES string of the molecule is CCc1ccccc1N1C(=O)C(Cl)=C(Nc2ccc(C(=O)Nc3ccccc3Br)cc2)C1=O. The van der Waals surface area contributed by atoms with E-state index in [0.717, 1.165) is 14.9 Å². The maximum Gasteiger partial charge on any atom is 0.283 e. The van der Waals surface area contributed by atoms with Crippen molar-refractivity contribution in [2.45, 2.75) is 13.3 Å². The fourth-order valence-electron chi connectivity index (χ4n) is 3.46. The number of benzene rings is 3. The van der Waals surface area contributed by atoms with Crippen LogP contribution < -0.4 is 15.5 Å². The summed E-state index contributed by atoms with van der Waals surface area (Å²) < 4.78 is 0.775. The maximum absolute atomic E-state index is 13.0. The fraction of sp³-hybridized carbons (Fsp3) is 0.0800. The number of para-hydroxylation sites is 2. The van der Waals surface area contributed by atoms with Gasteiger partial charge in [-0.3, -0.25) is 14.4 Å². The van der Waals surface area contributed by atoms with Crippen molar-refractivity contribution in [2.24, 2.45) is 0 Å². The zero-order valence-electron chi connectivity index (χ0n) is 17.6. The molecule has 0 aromatic heterocycles. The lowest BCUT2D eigenvalue weighted by molar-refractivity contribution is -0.120. The van der Waals surface area contributed by atoms with E-state index >= 15 is 0 Å². The number of rotatable bonds is 6. The van der Waals surface area contributed by atoms with Crippen LogP contribution in [-0.2, 0) is 16.0 Å². The third kappa shape index (κ3) is 4.55. The van der Waals surface area contributed by atoms with Gasteiger partial charge in [0.15, 0.2) is 0 Å². The molecule has 2 N–H and O–H groups in total. The minimum Gasteiger partial charge on any atom is -0.350 e. The average molecular weight is 525 g/mol. The van der Waals surface area contributed by atoms with E-state index in [9.17, 15) is 14.4 Å². The van der Waals surface area contributed by atoms with E-state index in [-0.39, 0.29) is 16.6 Å². The predicted octanol–water partition coefficient (Wildman–Crippen LogP) is 5.70. The third-order valence-electron chi connectivity index (χ3n) is 5.18. The van der Waals surface area contributed by atoms with Crippen LogP contribution in [0.25, 0.3) is 0 Å². The molecule has 3 aromatic rings. The highest BCUT2D eigenvalue weighted by Crippen LogP contribution is 2.32. The molecule has 0 fully saturated rings. The standard InChI is InChI=1S/C25H19BrClN3O3/c1-2-15-7-3-6-10-20(15)30-24(32)21(27)22(25(30)33)28-17-13-11-16(12-14-17)23(31)29-19-9-5-4-8-18(19)26/h3-14,28H,2H2,1H3,(H,29,31). The number of hydrogen-bond acceptors (Lipinski definition) is 4. The quantitative estimate of drug-likeness (QED) is 0.406. The second kappa shape index (κ2) is 9.60. The highest BCUT2D eigenvalue weighted by molar-refractivity contribution is 9.10. The number of amides is 3. The number of halogens is 2. The molecule has 0 aliphatic carbocycles. The number of imide groups is 1. The van der Waals surface area contributed by atoms with Gasteiger partial charge in [0.1, 0.15) is 10.7 Å². The number of anilines is 3. The van der Waals surface area contributed by atoms with Crippen LogP contribution in [0.3, 0.4) is 0 Å². The second-order valence-corrected chi connectivity index (χ2v) is 8.49. The van der Waals surface area contributed by atoms with Gasteiger partial charge in [-0.1, -0.05) is 48.9 Å². The first-order valence-electron chi connectivity index (χ1n) is 10.2. The zero-order chi connectivity index (χ0) is 23.5. The normalized spacial score (nSPS) is 13.5. The minimum atomic E-state index is -0.575. The summed E-state index contributed by atoms with van der Waals surface area (Å²) in [6.45, 7) is 1.95. The largest absolute Gasteiger partial charge is 0.350 e. The van der Waals surface area contributed by atoms with Crippen molar-refractivity contribution in [1.82, 2.24) is 0 Å². The van der Waals surface area contributed by atoms with Gasteiger partial charge >= 0.3 is 0 Å². The Kier molecular flexibility index (Phi) is 6.62. The molecule has 1 aliphatic heterocycles. The van der Waals surface area contributed by atoms with Gasteiger partial charge in [0.25, 0.3) is 17.7 Å². The van der Waals surface area contributed by atoms with Crippen LogP contribution in [0.2, 0.25) is 0 Å². The second-order valence-electron chi connectivity index (χ2n) is 7.25. The van der Waals surface area contributed by atoms with E-state index in [4.69, 9.17) is 11.6 Å². The molecule has 6 nitrogen and oxygen atoms in total. The number of carbonyl (C=O) groups is 3. The van der Waals surface area contributed by atoms with Gasteiger partial charge in [0.2, 0.25) is 0 Å². The van der Waals surface area contributed by atoms with E-state index in [2.05, 4.69) is 26.6 Å². The molecule has 1 heterocycles. The van der Waals surface area contributed by atoms with Crippen LogP contribution in [-0.4, -0.2) is 17.7 Å². The van der Waals surface area contributed by atoms with Crippen LogP contribution in [0.4, 0.5) is 17.1 Å². The van der Waals surface area contributed by atoms with Gasteiger partial charge in [0.05, 0.1) is 11.4 Å². The fourth-order valence-corrected chi connectivity index (χ4v) is 4.06. The maximum atomic E-state index is 13.0. The first-order chi connectivity index (χ1) is 15.9. The number of aryl methyl sites for hydroxylation is 1. The van der Waals surface area contributed by atoms with Gasteiger partial charge in [-0.25, -0.2) is 4.90 Å². The Morgan fingerprint density at radius 2 is 1.61 bits per heavy atom. The Morgan fingerprint density at radius 3 is 2.30 bits per heavy atom. The summed E-state index contributed by atoms with van der Waals surface area (Å²) in [5, 5.41) is 5.58. The Morgan fingerprint density at radius 1 is 0.939 bits per heavy atom. The molecule has 0 saturated carbocycles. The van der Waals surface area contributed by atoms with Gasteiger partial charge in [-0.05, 0) is 70.4 Å². The van der Waals surface area contributed by atoms with Crippen molar-refractivity contribution in [3.05, 3.63) is 99.1 Å². The van der Waals surface area contributed by atoms with Crippen LogP contribution in [0.5, 0.6) is 0 Å². The van der Waals surface area contributed by atoms with Gasteiger partial charge in [-0.15, -0.1) is 0 Å². The average Bonchev–Trinajstić information content (AvgIpc) is 3.04. The molecule has 0 radical (unpaired) electrons. The molecular weight excluding hydrogens is 506 g/mol. The van der Waals surface area contributed by atoms with Crippen molar-refractivity contribution in [2.75, 3.05) is 15.5 Å². The van der Waals surface area contributed by atoms with Crippen LogP contribution in [0, 0.1) is 0 Å². The Balaban J connectivity index is 1.51. The highest BCUT2D eigenvalue weighted by Gasteiger charge is 2.39. The van der Waals surface area contributed by atoms with E-state index in [1.165, 1.54) is 0 Å². The van der Waals surface area contributed by atoms with Gasteiger partial charge in [-0.2, -0.15) is 0 Å². The lowest BCUT2D eigenvalue weighted by atomic mass is 10.1. The van der Waals surface area contributed by atoms with Crippen LogP contribution >= 0.6 is 27.5 Å². The number of nitrogens with zero attached hydrogens (tertiary/aromatic N) is 1. The molecule has 0 bridgehead atoms. The summed E-state index contributed by atoms with van der Waals surface area (Å²) >= 11 is 9.64. The lowest BCUT2D eigenvalue weighted by Gasteiger charge is -2.18. The zero-order valence-corrected chi connectivity index (χ0v) is 19.9. The van der Waals surface area contributed by atoms with Gasteiger partial charge < -0.3 is 10.6 Å². The van der Waals surface area contributed by atoms with Crippen molar-refractivity contribution in [3.63, 3.8) is 0 Å². The number of carbonyl (C=O) groups excluding carboxylic acids is 3. The molecule has 8 heteroatoms. The van der Waals surface area contributed by atoms with Gasteiger partial charge in [0, 0.05) is 15.7 Å². The first-order valence-corrected chi connectivity index (χ1v) is 11.4. The summed E-state index contributed by atoms with van der Waals surface area (Å²) in [6.07, 6.45) is 0.663. The van der Waals surface area contributed by atoms with Crippen molar-refractivity contribution < 1.29 is 14.4 Å². The summed E-state index contributed by atoms with van der Waals surface area (Å²) in [6, 6.07) is 21.1. The van der Waals surface area contributed by atoms with Crippen LogP contribution in [0.1, 0.15) is 22.8 Å². The molecule has 4 rings (SSSR count). The van der Waals surface area contributed by atoms with Crippen molar-refractivity contribution >= 4 is 62.3 Å². The smallest absolute Gasteiger partial charge is 0.283 e. The molecular formula is C25H19BrClN3O3. The Hall–Kier alpha value is -3.42. The number of hydrogen-bond donors (Lipinski definition) is 2. The minimum absolute atomic E-state index is 0.00186.